The van der Waals surface area contributed by atoms with Crippen LogP contribution in [0.1, 0.15) is 37.6 Å². The third kappa shape index (κ3) is 4.45. The number of carbonyl (C=O) groups excluding carboxylic acids is 1. The van der Waals surface area contributed by atoms with E-state index in [1.807, 2.05) is 67.3 Å². The first kappa shape index (κ1) is 19.9. The predicted molar refractivity (Wildman–Crippen MR) is 111 cm³/mol. The summed E-state index contributed by atoms with van der Waals surface area (Å²) in [7, 11) is 1.61. The topological polar surface area (TPSA) is 77.7 Å². The number of nitrogens with zero attached hydrogens (tertiary/aromatic N) is 3. The van der Waals surface area contributed by atoms with E-state index in [-0.39, 0.29) is 17.9 Å². The summed E-state index contributed by atoms with van der Waals surface area (Å²) in [5, 5.41) is 4.12. The average Bonchev–Trinajstić information content (AvgIpc) is 3.36. The van der Waals surface area contributed by atoms with Crippen LogP contribution in [0.15, 0.2) is 53.1 Å². The van der Waals surface area contributed by atoms with Gasteiger partial charge >= 0.3 is 0 Å². The van der Waals surface area contributed by atoms with E-state index in [0.29, 0.717) is 31.2 Å². The van der Waals surface area contributed by atoms with E-state index < -0.39 is 0 Å². The summed E-state index contributed by atoms with van der Waals surface area (Å²) >= 11 is 0. The molecule has 3 aromatic rings. The Kier molecular flexibility index (Phi) is 5.70. The van der Waals surface area contributed by atoms with Crippen molar-refractivity contribution < 1.29 is 18.8 Å². The molecule has 2 heterocycles. The Morgan fingerprint density at radius 3 is 2.70 bits per heavy atom. The number of hydrogen-bond donors (Lipinski definition) is 0. The maximum Gasteiger partial charge on any atom is 0.258 e. The lowest BCUT2D eigenvalue weighted by atomic mass is 10.1. The Bertz CT molecular complexity index is 1010. The van der Waals surface area contributed by atoms with Gasteiger partial charge in [0.1, 0.15) is 11.5 Å². The van der Waals surface area contributed by atoms with Gasteiger partial charge in [0.05, 0.1) is 13.2 Å². The summed E-state index contributed by atoms with van der Waals surface area (Å²) in [6.07, 6.45) is 0.514. The van der Waals surface area contributed by atoms with Gasteiger partial charge in [0, 0.05) is 31.0 Å². The van der Waals surface area contributed by atoms with Crippen LogP contribution in [0.2, 0.25) is 0 Å². The molecule has 1 fully saturated rings. The number of amides is 1. The van der Waals surface area contributed by atoms with Gasteiger partial charge in [-0.1, -0.05) is 23.4 Å². The molecule has 4 rings (SSSR count). The minimum absolute atomic E-state index is 0.0795. The third-order valence-electron chi connectivity index (χ3n) is 5.01. The summed E-state index contributed by atoms with van der Waals surface area (Å²) in [5.41, 5.74) is 1.85. The first-order chi connectivity index (χ1) is 14.5. The molecule has 1 aliphatic rings. The van der Waals surface area contributed by atoms with Crippen LogP contribution in [0.5, 0.6) is 11.5 Å². The van der Waals surface area contributed by atoms with Crippen LogP contribution in [-0.4, -0.2) is 40.7 Å². The van der Waals surface area contributed by atoms with E-state index in [0.717, 1.165) is 22.6 Å². The fraction of sp³-hybridized carbons (Fsp3) is 0.348. The van der Waals surface area contributed by atoms with Crippen molar-refractivity contribution in [2.24, 2.45) is 0 Å². The van der Waals surface area contributed by atoms with Crippen LogP contribution < -0.4 is 9.47 Å². The molecule has 7 heteroatoms. The summed E-state index contributed by atoms with van der Waals surface area (Å²) in [6, 6.07) is 15.3. The van der Waals surface area contributed by atoms with Crippen LogP contribution >= 0.6 is 0 Å². The summed E-state index contributed by atoms with van der Waals surface area (Å²) in [6.45, 7) is 5.11. The fourth-order valence-corrected chi connectivity index (χ4v) is 3.54. The zero-order valence-electron chi connectivity index (χ0n) is 17.4. The number of rotatable bonds is 7. The second-order valence-electron chi connectivity index (χ2n) is 7.68. The Balaban J connectivity index is 1.42. The molecule has 1 aromatic heterocycles. The van der Waals surface area contributed by atoms with Crippen LogP contribution in [-0.2, 0) is 11.3 Å². The molecule has 1 amide bonds. The largest absolute Gasteiger partial charge is 0.497 e. The number of carbonyl (C=O) groups is 1. The highest BCUT2D eigenvalue weighted by molar-refractivity contribution is 5.79. The molecule has 0 saturated carbocycles. The third-order valence-corrected chi connectivity index (χ3v) is 5.01. The van der Waals surface area contributed by atoms with Gasteiger partial charge in [-0.05, 0) is 49.7 Å². The van der Waals surface area contributed by atoms with Gasteiger partial charge in [-0.2, -0.15) is 4.98 Å². The minimum atomic E-state index is -0.0795. The molecule has 1 saturated heterocycles. The highest BCUT2D eigenvalue weighted by Crippen LogP contribution is 2.30. The second kappa shape index (κ2) is 8.57. The summed E-state index contributed by atoms with van der Waals surface area (Å²) in [4.78, 5) is 18.9. The van der Waals surface area contributed by atoms with Crippen molar-refractivity contribution in [3.8, 4) is 23.0 Å². The molecule has 0 N–H and O–H groups in total. The molecule has 156 valence electrons. The molecule has 0 aliphatic carbocycles. The number of methoxy groups -OCH3 is 1. The van der Waals surface area contributed by atoms with Gasteiger partial charge in [0.2, 0.25) is 5.91 Å². The molecular formula is C23H25N3O4. The molecular weight excluding hydrogens is 382 g/mol. The number of aromatic nitrogens is 2. The van der Waals surface area contributed by atoms with Crippen LogP contribution in [0.3, 0.4) is 0 Å². The average molecular weight is 407 g/mol. The van der Waals surface area contributed by atoms with E-state index in [1.165, 1.54) is 0 Å². The number of hydrogen-bond acceptors (Lipinski definition) is 6. The van der Waals surface area contributed by atoms with Crippen LogP contribution in [0.25, 0.3) is 11.5 Å². The molecule has 0 spiro atoms. The Morgan fingerprint density at radius 2 is 1.97 bits per heavy atom. The van der Waals surface area contributed by atoms with E-state index >= 15 is 0 Å². The molecule has 7 nitrogen and oxygen atoms in total. The van der Waals surface area contributed by atoms with Crippen molar-refractivity contribution in [1.29, 1.82) is 0 Å². The lowest BCUT2D eigenvalue weighted by Gasteiger charge is -2.17. The standard InChI is InChI=1S/C23H25N3O4/c1-15(2)29-19-9-7-16(8-10-19)13-26-14-18(12-21(26)27)22-24-23(30-25-22)17-5-4-6-20(11-17)28-3/h4-11,15,18H,12-14H2,1-3H3. The molecule has 1 aliphatic heterocycles. The van der Waals surface area contributed by atoms with E-state index in [9.17, 15) is 4.79 Å². The number of likely N-dealkylation sites (tertiary alicyclic amines) is 1. The molecule has 0 radical (unpaired) electrons. The van der Waals surface area contributed by atoms with Crippen molar-refractivity contribution >= 4 is 5.91 Å². The van der Waals surface area contributed by atoms with Gasteiger partial charge in [-0.3, -0.25) is 4.79 Å². The van der Waals surface area contributed by atoms with Gasteiger partial charge in [-0.25, -0.2) is 0 Å². The van der Waals surface area contributed by atoms with E-state index in [2.05, 4.69) is 10.1 Å². The monoisotopic (exact) mass is 407 g/mol. The quantitative estimate of drug-likeness (QED) is 0.588. The predicted octanol–water partition coefficient (Wildman–Crippen LogP) is 4.05. The second-order valence-corrected chi connectivity index (χ2v) is 7.68. The van der Waals surface area contributed by atoms with Crippen molar-refractivity contribution in [1.82, 2.24) is 15.0 Å². The number of ether oxygens (including phenoxy) is 2. The Hall–Kier alpha value is -3.35. The first-order valence-corrected chi connectivity index (χ1v) is 10.0. The maximum atomic E-state index is 12.5. The first-order valence-electron chi connectivity index (χ1n) is 10.0. The van der Waals surface area contributed by atoms with E-state index in [4.69, 9.17) is 14.0 Å². The van der Waals surface area contributed by atoms with Crippen molar-refractivity contribution in [3.05, 3.63) is 59.9 Å². The van der Waals surface area contributed by atoms with Crippen LogP contribution in [0.4, 0.5) is 0 Å². The minimum Gasteiger partial charge on any atom is -0.497 e. The molecule has 1 atom stereocenters. The van der Waals surface area contributed by atoms with Crippen molar-refractivity contribution in [2.45, 2.75) is 38.8 Å². The molecule has 30 heavy (non-hydrogen) atoms. The van der Waals surface area contributed by atoms with Crippen molar-refractivity contribution in [2.75, 3.05) is 13.7 Å². The van der Waals surface area contributed by atoms with Gasteiger partial charge in [0.25, 0.3) is 5.89 Å². The zero-order chi connectivity index (χ0) is 21.1. The smallest absolute Gasteiger partial charge is 0.258 e. The SMILES string of the molecule is COc1cccc(-c2nc(C3CC(=O)N(Cc4ccc(OC(C)C)cc4)C3)no2)c1. The van der Waals surface area contributed by atoms with Gasteiger partial charge in [0.15, 0.2) is 5.82 Å². The van der Waals surface area contributed by atoms with Crippen LogP contribution in [0, 0.1) is 0 Å². The fourth-order valence-electron chi connectivity index (χ4n) is 3.54. The Labute approximate surface area is 175 Å². The van der Waals surface area contributed by atoms with Gasteiger partial charge < -0.3 is 18.9 Å². The molecule has 1 unspecified atom stereocenters. The maximum absolute atomic E-state index is 12.5. The summed E-state index contributed by atoms with van der Waals surface area (Å²) < 4.78 is 16.4. The van der Waals surface area contributed by atoms with Crippen molar-refractivity contribution in [3.63, 3.8) is 0 Å². The molecule has 2 aromatic carbocycles. The zero-order valence-corrected chi connectivity index (χ0v) is 17.4. The lowest BCUT2D eigenvalue weighted by Crippen LogP contribution is -2.24. The highest BCUT2D eigenvalue weighted by atomic mass is 16.5. The lowest BCUT2D eigenvalue weighted by molar-refractivity contribution is -0.128. The summed E-state index contributed by atoms with van der Waals surface area (Å²) in [5.74, 6) is 2.55. The molecule has 0 bridgehead atoms. The van der Waals surface area contributed by atoms with E-state index in [1.54, 1.807) is 7.11 Å². The number of benzene rings is 2. The Morgan fingerprint density at radius 1 is 1.17 bits per heavy atom. The highest BCUT2D eigenvalue weighted by Gasteiger charge is 2.33. The normalized spacial score (nSPS) is 16.3. The van der Waals surface area contributed by atoms with Gasteiger partial charge in [-0.15, -0.1) is 0 Å².